The Morgan fingerprint density at radius 1 is 1.33 bits per heavy atom. The molecule has 0 spiro atoms. The first-order valence-corrected chi connectivity index (χ1v) is 6.62. The van der Waals surface area contributed by atoms with Gasteiger partial charge in [0.15, 0.2) is 6.10 Å². The molecule has 1 amide bonds. The molecule has 0 aromatic heterocycles. The summed E-state index contributed by atoms with van der Waals surface area (Å²) in [6, 6.07) is 7.08. The highest BCUT2D eigenvalue weighted by Crippen LogP contribution is 2.19. The number of amides is 1. The van der Waals surface area contributed by atoms with Gasteiger partial charge < -0.3 is 10.1 Å². The average molecular weight is 312 g/mol. The zero-order valence-corrected chi connectivity index (χ0v) is 11.6. The van der Waals surface area contributed by atoms with Crippen molar-refractivity contribution in [2.75, 3.05) is 0 Å². The molecular formula is C13H14BrNO3. The molecule has 18 heavy (non-hydrogen) atoms. The average Bonchev–Trinajstić information content (AvgIpc) is 3.13. The van der Waals surface area contributed by atoms with E-state index in [0.717, 1.165) is 17.3 Å². The first-order valence-electron chi connectivity index (χ1n) is 5.83. The number of halogens is 1. The normalized spacial score (nSPS) is 15.9. The molecule has 0 heterocycles. The van der Waals surface area contributed by atoms with E-state index in [1.807, 2.05) is 0 Å². The van der Waals surface area contributed by atoms with Crippen LogP contribution in [0.2, 0.25) is 0 Å². The fraction of sp³-hybridized carbons (Fsp3) is 0.385. The first-order chi connectivity index (χ1) is 8.56. The summed E-state index contributed by atoms with van der Waals surface area (Å²) in [5, 5.41) is 2.80. The van der Waals surface area contributed by atoms with Crippen molar-refractivity contribution in [1.29, 1.82) is 0 Å². The summed E-state index contributed by atoms with van der Waals surface area (Å²) in [6.07, 6.45) is 1.26. The molecule has 5 heteroatoms. The summed E-state index contributed by atoms with van der Waals surface area (Å²) in [4.78, 5) is 23.4. The Kier molecular flexibility index (Phi) is 4.01. The number of rotatable bonds is 4. The van der Waals surface area contributed by atoms with Gasteiger partial charge in [0.25, 0.3) is 5.91 Å². The van der Waals surface area contributed by atoms with E-state index in [4.69, 9.17) is 4.74 Å². The second kappa shape index (κ2) is 5.52. The summed E-state index contributed by atoms with van der Waals surface area (Å²) in [7, 11) is 0. The van der Waals surface area contributed by atoms with Crippen LogP contribution in [0.5, 0.6) is 0 Å². The predicted molar refractivity (Wildman–Crippen MR) is 70.2 cm³/mol. The molecule has 0 saturated heterocycles. The number of hydrogen-bond donors (Lipinski definition) is 1. The molecule has 0 aliphatic heterocycles. The van der Waals surface area contributed by atoms with Gasteiger partial charge in [-0.15, -0.1) is 0 Å². The fourth-order valence-corrected chi connectivity index (χ4v) is 1.68. The van der Waals surface area contributed by atoms with Crippen LogP contribution in [0.3, 0.4) is 0 Å². The second-order valence-corrected chi connectivity index (χ2v) is 5.25. The number of hydrogen-bond acceptors (Lipinski definition) is 3. The van der Waals surface area contributed by atoms with Gasteiger partial charge in [-0.1, -0.05) is 15.9 Å². The highest BCUT2D eigenvalue weighted by Gasteiger charge is 2.27. The molecule has 1 aliphatic rings. The molecule has 1 saturated carbocycles. The molecule has 1 fully saturated rings. The van der Waals surface area contributed by atoms with Gasteiger partial charge in [-0.3, -0.25) is 4.79 Å². The monoisotopic (exact) mass is 311 g/mol. The quantitative estimate of drug-likeness (QED) is 0.868. The predicted octanol–water partition coefficient (Wildman–Crippen LogP) is 2.27. The van der Waals surface area contributed by atoms with Crippen LogP contribution in [-0.2, 0) is 9.53 Å². The summed E-state index contributed by atoms with van der Waals surface area (Å²) in [5.41, 5.74) is 0.435. The summed E-state index contributed by atoms with van der Waals surface area (Å²) in [5.74, 6) is -0.719. The van der Waals surface area contributed by atoms with Crippen LogP contribution in [-0.4, -0.2) is 24.0 Å². The van der Waals surface area contributed by atoms with Gasteiger partial charge in [-0.25, -0.2) is 4.79 Å². The Labute approximate surface area is 114 Å². The van der Waals surface area contributed by atoms with Gasteiger partial charge in [0.1, 0.15) is 0 Å². The minimum atomic E-state index is -0.762. The van der Waals surface area contributed by atoms with Crippen molar-refractivity contribution >= 4 is 27.8 Å². The van der Waals surface area contributed by atoms with E-state index in [1.54, 1.807) is 31.2 Å². The number of carbonyl (C=O) groups is 2. The molecule has 1 atom stereocenters. The molecule has 4 nitrogen and oxygen atoms in total. The van der Waals surface area contributed by atoms with Crippen molar-refractivity contribution < 1.29 is 14.3 Å². The van der Waals surface area contributed by atoms with Crippen molar-refractivity contribution in [3.05, 3.63) is 34.3 Å². The lowest BCUT2D eigenvalue weighted by molar-refractivity contribution is -0.129. The van der Waals surface area contributed by atoms with Crippen LogP contribution in [0.4, 0.5) is 0 Å². The number of ether oxygens (including phenoxy) is 1. The Balaban J connectivity index is 1.89. The number of benzene rings is 1. The molecule has 0 bridgehead atoms. The Bertz CT molecular complexity index is 454. The Hall–Kier alpha value is -1.36. The molecule has 0 radical (unpaired) electrons. The molecule has 1 aromatic carbocycles. The lowest BCUT2D eigenvalue weighted by Crippen LogP contribution is -2.37. The van der Waals surface area contributed by atoms with Crippen LogP contribution in [0.25, 0.3) is 0 Å². The van der Waals surface area contributed by atoms with E-state index in [2.05, 4.69) is 21.2 Å². The highest BCUT2D eigenvalue weighted by molar-refractivity contribution is 9.10. The van der Waals surface area contributed by atoms with Crippen LogP contribution in [0.15, 0.2) is 28.7 Å². The molecule has 1 unspecified atom stereocenters. The van der Waals surface area contributed by atoms with Crippen molar-refractivity contribution in [3.63, 3.8) is 0 Å². The molecule has 96 valence electrons. The van der Waals surface area contributed by atoms with Gasteiger partial charge in [-0.05, 0) is 44.0 Å². The van der Waals surface area contributed by atoms with Crippen LogP contribution >= 0.6 is 15.9 Å². The van der Waals surface area contributed by atoms with Crippen LogP contribution in [0, 0.1) is 0 Å². The maximum absolute atomic E-state index is 11.8. The van der Waals surface area contributed by atoms with E-state index in [-0.39, 0.29) is 11.9 Å². The fourth-order valence-electron chi connectivity index (χ4n) is 1.41. The van der Waals surface area contributed by atoms with Gasteiger partial charge in [0.2, 0.25) is 0 Å². The van der Waals surface area contributed by atoms with E-state index in [0.29, 0.717) is 5.56 Å². The van der Waals surface area contributed by atoms with E-state index >= 15 is 0 Å². The van der Waals surface area contributed by atoms with E-state index < -0.39 is 12.1 Å². The third kappa shape index (κ3) is 3.57. The van der Waals surface area contributed by atoms with Crippen LogP contribution < -0.4 is 5.32 Å². The number of nitrogens with one attached hydrogen (secondary N) is 1. The molecular weight excluding hydrogens is 298 g/mol. The van der Waals surface area contributed by atoms with E-state index in [9.17, 15) is 9.59 Å². The third-order valence-corrected chi connectivity index (χ3v) is 3.19. The molecule has 2 rings (SSSR count). The topological polar surface area (TPSA) is 55.4 Å². The Morgan fingerprint density at radius 2 is 1.94 bits per heavy atom. The number of esters is 1. The largest absolute Gasteiger partial charge is 0.449 e. The van der Waals surface area contributed by atoms with Gasteiger partial charge in [-0.2, -0.15) is 0 Å². The third-order valence-electron chi connectivity index (χ3n) is 2.66. The zero-order chi connectivity index (χ0) is 13.1. The molecule has 1 aromatic rings. The standard InChI is InChI=1S/C13H14BrNO3/c1-8(12(16)15-11-6-7-11)18-13(17)9-2-4-10(14)5-3-9/h2-5,8,11H,6-7H2,1H3,(H,15,16). The summed E-state index contributed by atoms with van der Waals surface area (Å²) in [6.45, 7) is 1.58. The van der Waals surface area contributed by atoms with Gasteiger partial charge in [0.05, 0.1) is 5.56 Å². The molecule has 1 aliphatic carbocycles. The minimum absolute atomic E-state index is 0.233. The number of carbonyl (C=O) groups excluding carboxylic acids is 2. The van der Waals surface area contributed by atoms with Crippen molar-refractivity contribution in [1.82, 2.24) is 5.32 Å². The van der Waals surface area contributed by atoms with Crippen LogP contribution in [0.1, 0.15) is 30.1 Å². The van der Waals surface area contributed by atoms with Gasteiger partial charge in [0, 0.05) is 10.5 Å². The molecule has 1 N–H and O–H groups in total. The second-order valence-electron chi connectivity index (χ2n) is 4.34. The summed E-state index contributed by atoms with van der Waals surface area (Å²) >= 11 is 3.29. The van der Waals surface area contributed by atoms with Gasteiger partial charge >= 0.3 is 5.97 Å². The van der Waals surface area contributed by atoms with Crippen molar-refractivity contribution in [2.45, 2.75) is 31.9 Å². The maximum atomic E-state index is 11.8. The lowest BCUT2D eigenvalue weighted by atomic mass is 10.2. The summed E-state index contributed by atoms with van der Waals surface area (Å²) < 4.78 is 5.99. The smallest absolute Gasteiger partial charge is 0.338 e. The lowest BCUT2D eigenvalue weighted by Gasteiger charge is -2.13. The van der Waals surface area contributed by atoms with Crippen molar-refractivity contribution in [2.24, 2.45) is 0 Å². The maximum Gasteiger partial charge on any atom is 0.338 e. The Morgan fingerprint density at radius 3 is 2.50 bits per heavy atom. The first kappa shape index (κ1) is 13.1. The minimum Gasteiger partial charge on any atom is -0.449 e. The van der Waals surface area contributed by atoms with Crippen molar-refractivity contribution in [3.8, 4) is 0 Å². The SMILES string of the molecule is CC(OC(=O)c1ccc(Br)cc1)C(=O)NC1CC1. The van der Waals surface area contributed by atoms with E-state index in [1.165, 1.54) is 0 Å². The highest BCUT2D eigenvalue weighted by atomic mass is 79.9. The zero-order valence-electron chi connectivity index (χ0n) is 9.98.